The number of hydrogen-bond acceptors (Lipinski definition) is 7. The van der Waals surface area contributed by atoms with Crippen molar-refractivity contribution in [1.29, 1.82) is 0 Å². The summed E-state index contributed by atoms with van der Waals surface area (Å²) in [5, 5.41) is 2.78. The van der Waals surface area contributed by atoms with Crippen molar-refractivity contribution in [2.45, 2.75) is 12.9 Å². The van der Waals surface area contributed by atoms with Gasteiger partial charge >= 0.3 is 6.18 Å². The number of hydrogen-bond donors (Lipinski definition) is 2. The fourth-order valence-electron chi connectivity index (χ4n) is 2.04. The first kappa shape index (κ1) is 17.5. The van der Waals surface area contributed by atoms with Crippen LogP contribution in [0.4, 0.5) is 35.1 Å². The minimum Gasteiger partial charge on any atom is -0.368 e. The van der Waals surface area contributed by atoms with Crippen molar-refractivity contribution >= 4 is 17.6 Å². The van der Waals surface area contributed by atoms with E-state index >= 15 is 0 Å². The zero-order valence-electron chi connectivity index (χ0n) is 13.0. The molecule has 26 heavy (non-hydrogen) atoms. The summed E-state index contributed by atoms with van der Waals surface area (Å²) in [6.45, 7) is -0.756. The standard InChI is InChI=1S/C15H11F4N7/c16-7-9-6-8(4-5-21-9)22-14-25-12(24-13(20)26-14)10-2-1-3-11(23-10)15(17,18)19/h1-6H,7H2,(H3,20,21,22,24,25,26). The second-order valence-electron chi connectivity index (χ2n) is 5.04. The summed E-state index contributed by atoms with van der Waals surface area (Å²) in [5.74, 6) is -0.370. The second kappa shape index (κ2) is 6.86. The lowest BCUT2D eigenvalue weighted by molar-refractivity contribution is -0.141. The normalized spacial score (nSPS) is 11.4. The molecule has 0 saturated heterocycles. The maximum Gasteiger partial charge on any atom is 0.433 e. The molecule has 0 aliphatic rings. The summed E-state index contributed by atoms with van der Waals surface area (Å²) in [5.41, 5.74) is 5.04. The molecule has 0 fully saturated rings. The van der Waals surface area contributed by atoms with E-state index in [4.69, 9.17) is 5.73 Å². The Morgan fingerprint density at radius 2 is 1.85 bits per heavy atom. The van der Waals surface area contributed by atoms with Crippen molar-refractivity contribution in [2.24, 2.45) is 0 Å². The van der Waals surface area contributed by atoms with E-state index < -0.39 is 18.5 Å². The predicted molar refractivity (Wildman–Crippen MR) is 84.8 cm³/mol. The van der Waals surface area contributed by atoms with Crippen molar-refractivity contribution in [3.8, 4) is 11.5 Å². The second-order valence-corrected chi connectivity index (χ2v) is 5.04. The molecule has 134 valence electrons. The van der Waals surface area contributed by atoms with Crippen LogP contribution in [0.1, 0.15) is 11.4 Å². The summed E-state index contributed by atoms with van der Waals surface area (Å²) >= 11 is 0. The molecule has 0 aromatic carbocycles. The van der Waals surface area contributed by atoms with Crippen molar-refractivity contribution in [3.05, 3.63) is 47.9 Å². The molecule has 3 rings (SSSR count). The maximum absolute atomic E-state index is 12.8. The number of nitrogens with one attached hydrogen (secondary N) is 1. The first-order chi connectivity index (χ1) is 12.3. The number of alkyl halides is 4. The fraction of sp³-hybridized carbons (Fsp3) is 0.133. The lowest BCUT2D eigenvalue weighted by Crippen LogP contribution is -2.10. The number of nitrogens with zero attached hydrogens (tertiary/aromatic N) is 5. The lowest BCUT2D eigenvalue weighted by Gasteiger charge is -2.09. The first-order valence-corrected chi connectivity index (χ1v) is 7.19. The van der Waals surface area contributed by atoms with Crippen molar-refractivity contribution in [3.63, 3.8) is 0 Å². The van der Waals surface area contributed by atoms with E-state index in [1.807, 2.05) is 0 Å². The Morgan fingerprint density at radius 3 is 2.58 bits per heavy atom. The molecular formula is C15H11F4N7. The molecular weight excluding hydrogens is 354 g/mol. The SMILES string of the molecule is Nc1nc(Nc2ccnc(CF)c2)nc(-c2cccc(C(F)(F)F)n2)n1. The first-order valence-electron chi connectivity index (χ1n) is 7.19. The van der Waals surface area contributed by atoms with Gasteiger partial charge in [-0.1, -0.05) is 6.07 Å². The Morgan fingerprint density at radius 1 is 1.04 bits per heavy atom. The highest BCUT2D eigenvalue weighted by atomic mass is 19.4. The molecule has 3 N–H and O–H groups in total. The number of aromatic nitrogens is 5. The lowest BCUT2D eigenvalue weighted by atomic mass is 10.3. The number of anilines is 3. The maximum atomic E-state index is 12.8. The zero-order chi connectivity index (χ0) is 18.7. The molecule has 0 amide bonds. The molecule has 0 aliphatic heterocycles. The molecule has 0 radical (unpaired) electrons. The van der Waals surface area contributed by atoms with Crippen LogP contribution in [0.5, 0.6) is 0 Å². The van der Waals surface area contributed by atoms with Gasteiger partial charge < -0.3 is 11.1 Å². The number of halogens is 4. The van der Waals surface area contributed by atoms with E-state index in [-0.39, 0.29) is 29.1 Å². The Kier molecular flexibility index (Phi) is 4.61. The highest BCUT2D eigenvalue weighted by molar-refractivity contribution is 5.58. The molecule has 3 aromatic heterocycles. The van der Waals surface area contributed by atoms with Gasteiger partial charge in [-0.3, -0.25) is 4.98 Å². The molecule has 11 heteroatoms. The molecule has 0 saturated carbocycles. The third kappa shape index (κ3) is 3.99. The Hall–Kier alpha value is -3.37. The number of nitrogen functional groups attached to an aromatic ring is 1. The zero-order valence-corrected chi connectivity index (χ0v) is 13.0. The van der Waals surface area contributed by atoms with Crippen molar-refractivity contribution in [2.75, 3.05) is 11.1 Å². The topological polar surface area (TPSA) is 102 Å². The van der Waals surface area contributed by atoms with E-state index in [1.165, 1.54) is 24.4 Å². The highest BCUT2D eigenvalue weighted by Gasteiger charge is 2.32. The number of nitrogens with two attached hydrogens (primary N) is 1. The van der Waals surface area contributed by atoms with Crippen LogP contribution >= 0.6 is 0 Å². The van der Waals surface area contributed by atoms with Gasteiger partial charge in [-0.15, -0.1) is 0 Å². The van der Waals surface area contributed by atoms with Crippen LogP contribution in [0.2, 0.25) is 0 Å². The van der Waals surface area contributed by atoms with Gasteiger partial charge in [0.25, 0.3) is 0 Å². The van der Waals surface area contributed by atoms with Gasteiger partial charge in [-0.05, 0) is 24.3 Å². The largest absolute Gasteiger partial charge is 0.433 e. The third-order valence-corrected chi connectivity index (χ3v) is 3.13. The van der Waals surface area contributed by atoms with E-state index in [1.54, 1.807) is 6.07 Å². The number of rotatable bonds is 4. The quantitative estimate of drug-likeness (QED) is 0.685. The summed E-state index contributed by atoms with van der Waals surface area (Å²) in [4.78, 5) is 19.0. The van der Waals surface area contributed by atoms with Crippen LogP contribution in [0.25, 0.3) is 11.5 Å². The van der Waals surface area contributed by atoms with Crippen molar-refractivity contribution in [1.82, 2.24) is 24.9 Å². The monoisotopic (exact) mass is 365 g/mol. The average molecular weight is 365 g/mol. The minimum atomic E-state index is -4.60. The van der Waals surface area contributed by atoms with E-state index in [9.17, 15) is 17.6 Å². The van der Waals surface area contributed by atoms with Crippen LogP contribution in [-0.2, 0) is 12.9 Å². The highest BCUT2D eigenvalue weighted by Crippen LogP contribution is 2.29. The van der Waals surface area contributed by atoms with Gasteiger partial charge in [-0.2, -0.15) is 28.1 Å². The molecule has 7 nitrogen and oxygen atoms in total. The molecule has 0 spiro atoms. The molecule has 3 aromatic rings. The van der Waals surface area contributed by atoms with Crippen molar-refractivity contribution < 1.29 is 17.6 Å². The van der Waals surface area contributed by atoms with Gasteiger partial charge in [0, 0.05) is 11.9 Å². The Balaban J connectivity index is 1.95. The third-order valence-electron chi connectivity index (χ3n) is 3.13. The molecule has 3 heterocycles. The van der Waals surface area contributed by atoms with Crippen LogP contribution < -0.4 is 11.1 Å². The van der Waals surface area contributed by atoms with Crippen LogP contribution in [0, 0.1) is 0 Å². The predicted octanol–water partition coefficient (Wildman–Crippen LogP) is 3.14. The summed E-state index contributed by atoms with van der Waals surface area (Å²) in [7, 11) is 0. The van der Waals surface area contributed by atoms with E-state index in [2.05, 4.69) is 30.2 Å². The smallest absolute Gasteiger partial charge is 0.368 e. The molecule has 0 aliphatic carbocycles. The Bertz CT molecular complexity index is 930. The van der Waals surface area contributed by atoms with E-state index in [0.717, 1.165) is 6.07 Å². The van der Waals surface area contributed by atoms with Gasteiger partial charge in [0.2, 0.25) is 11.9 Å². The minimum absolute atomic E-state index is 0.0253. The molecule has 0 atom stereocenters. The van der Waals surface area contributed by atoms with E-state index in [0.29, 0.717) is 5.69 Å². The van der Waals surface area contributed by atoms with Crippen LogP contribution in [0.15, 0.2) is 36.5 Å². The molecule has 0 bridgehead atoms. The molecule has 0 unspecified atom stereocenters. The Labute approximate surface area is 144 Å². The summed E-state index contributed by atoms with van der Waals surface area (Å²) < 4.78 is 51.1. The summed E-state index contributed by atoms with van der Waals surface area (Å²) in [6.07, 6.45) is -3.22. The van der Waals surface area contributed by atoms with Gasteiger partial charge in [0.05, 0.1) is 5.69 Å². The van der Waals surface area contributed by atoms with Gasteiger partial charge in [-0.25, -0.2) is 9.37 Å². The van der Waals surface area contributed by atoms with Gasteiger partial charge in [0.1, 0.15) is 18.1 Å². The number of pyridine rings is 2. The summed E-state index contributed by atoms with van der Waals surface area (Å²) in [6, 6.07) is 6.32. The fourth-order valence-corrected chi connectivity index (χ4v) is 2.04. The van der Waals surface area contributed by atoms with Crippen LogP contribution in [0.3, 0.4) is 0 Å². The van der Waals surface area contributed by atoms with Gasteiger partial charge in [0.15, 0.2) is 5.82 Å². The van der Waals surface area contributed by atoms with Crippen LogP contribution in [-0.4, -0.2) is 24.9 Å². The average Bonchev–Trinajstić information content (AvgIpc) is 2.61.